The number of carbonyl (C=O) groups is 1. The van der Waals surface area contributed by atoms with Gasteiger partial charge in [0.2, 0.25) is 0 Å². The first kappa shape index (κ1) is 25.4. The third-order valence-corrected chi connectivity index (χ3v) is 7.18. The van der Waals surface area contributed by atoms with Gasteiger partial charge in [0.05, 0.1) is 25.8 Å². The second-order valence-corrected chi connectivity index (χ2v) is 9.51. The lowest BCUT2D eigenvalue weighted by Crippen LogP contribution is -2.41. The number of morpholine rings is 1. The number of nitrogens with zero attached hydrogens (tertiary/aromatic N) is 5. The molecule has 1 aromatic carbocycles. The number of fused-ring (bicyclic) bond motifs is 1. The van der Waals surface area contributed by atoms with Crippen molar-refractivity contribution in [3.05, 3.63) is 53.9 Å². The number of rotatable bonds is 8. The van der Waals surface area contributed by atoms with Gasteiger partial charge in [-0.05, 0) is 24.6 Å². The summed E-state index contributed by atoms with van der Waals surface area (Å²) < 4.78 is 38.2. The fourth-order valence-electron chi connectivity index (χ4n) is 5.08. The number of methoxy groups -OCH3 is 1. The number of likely N-dealkylation sites (tertiary alicyclic amines) is 1. The van der Waals surface area contributed by atoms with Crippen LogP contribution in [-0.4, -0.2) is 78.1 Å². The number of alkyl halides is 2. The molecule has 1 atom stereocenters. The molecule has 0 N–H and O–H groups in total. The van der Waals surface area contributed by atoms with Gasteiger partial charge in [-0.1, -0.05) is 12.1 Å². The normalized spacial score (nSPS) is 19.1. The van der Waals surface area contributed by atoms with E-state index >= 15 is 0 Å². The zero-order valence-electron chi connectivity index (χ0n) is 20.9. The molecule has 1 unspecified atom stereocenters. The van der Waals surface area contributed by atoms with E-state index in [1.807, 2.05) is 35.2 Å². The molecule has 4 heterocycles. The Bertz CT molecular complexity index is 1220. The van der Waals surface area contributed by atoms with Crippen LogP contribution in [0.2, 0.25) is 0 Å². The highest BCUT2D eigenvalue weighted by Gasteiger charge is 2.37. The van der Waals surface area contributed by atoms with Crippen molar-refractivity contribution in [2.75, 3.05) is 51.4 Å². The molecule has 3 aromatic rings. The summed E-state index contributed by atoms with van der Waals surface area (Å²) >= 11 is 0. The molecule has 2 aromatic heterocycles. The minimum atomic E-state index is -2.65. The van der Waals surface area contributed by atoms with Crippen LogP contribution in [-0.2, 0) is 4.74 Å². The van der Waals surface area contributed by atoms with Crippen LogP contribution in [0.5, 0.6) is 6.01 Å². The van der Waals surface area contributed by atoms with Gasteiger partial charge in [-0.15, -0.1) is 0 Å². The summed E-state index contributed by atoms with van der Waals surface area (Å²) in [4.78, 5) is 30.8. The van der Waals surface area contributed by atoms with E-state index in [4.69, 9.17) is 14.5 Å². The number of benzene rings is 1. The summed E-state index contributed by atoms with van der Waals surface area (Å²) in [6.07, 6.45) is 3.64. The number of piperidine rings is 1. The Balaban J connectivity index is 1.34. The maximum absolute atomic E-state index is 13.8. The largest absolute Gasteiger partial charge is 0.467 e. The monoisotopic (exact) mass is 511 g/mol. The van der Waals surface area contributed by atoms with Gasteiger partial charge >= 0.3 is 6.01 Å². The molecule has 2 aliphatic heterocycles. The van der Waals surface area contributed by atoms with Gasteiger partial charge < -0.3 is 14.4 Å². The Morgan fingerprint density at radius 2 is 1.81 bits per heavy atom. The maximum Gasteiger partial charge on any atom is 0.316 e. The zero-order valence-corrected chi connectivity index (χ0v) is 20.9. The van der Waals surface area contributed by atoms with Crippen molar-refractivity contribution in [2.24, 2.45) is 0 Å². The van der Waals surface area contributed by atoms with E-state index < -0.39 is 5.92 Å². The Hall–Kier alpha value is -3.24. The molecular weight excluding hydrogens is 480 g/mol. The van der Waals surface area contributed by atoms with Gasteiger partial charge in [0.1, 0.15) is 5.82 Å². The van der Waals surface area contributed by atoms with E-state index in [2.05, 4.69) is 14.9 Å². The topological polar surface area (TPSA) is 80.7 Å². The number of carbonyl (C=O) groups excluding carboxylic acids is 1. The predicted octanol–water partition coefficient (Wildman–Crippen LogP) is 4.31. The lowest BCUT2D eigenvalue weighted by Gasteiger charge is -2.37. The second kappa shape index (κ2) is 11.0. The van der Waals surface area contributed by atoms with Crippen molar-refractivity contribution < 1.29 is 23.0 Å². The fraction of sp³-hybridized carbons (Fsp3) is 0.481. The number of pyridine rings is 1. The summed E-state index contributed by atoms with van der Waals surface area (Å²) in [6, 6.07) is 9.51. The molecule has 5 rings (SSSR count). The molecule has 10 heteroatoms. The van der Waals surface area contributed by atoms with E-state index in [1.165, 1.54) is 7.11 Å². The van der Waals surface area contributed by atoms with Gasteiger partial charge in [-0.25, -0.2) is 23.7 Å². The lowest BCUT2D eigenvalue weighted by molar-refractivity contribution is -0.0641. The zero-order chi connectivity index (χ0) is 25.8. The molecule has 196 valence electrons. The van der Waals surface area contributed by atoms with Crippen LogP contribution in [0, 0.1) is 0 Å². The van der Waals surface area contributed by atoms with Crippen molar-refractivity contribution in [1.29, 1.82) is 0 Å². The highest BCUT2D eigenvalue weighted by atomic mass is 19.3. The van der Waals surface area contributed by atoms with Crippen molar-refractivity contribution >= 4 is 22.5 Å². The van der Waals surface area contributed by atoms with Gasteiger partial charge in [-0.3, -0.25) is 9.69 Å². The van der Waals surface area contributed by atoms with Crippen LogP contribution in [0.3, 0.4) is 0 Å². The highest BCUT2D eigenvalue weighted by Crippen LogP contribution is 2.35. The lowest BCUT2D eigenvalue weighted by atomic mass is 9.95. The first-order chi connectivity index (χ1) is 17.9. The number of anilines is 1. The molecule has 8 nitrogen and oxygen atoms in total. The van der Waals surface area contributed by atoms with Crippen LogP contribution >= 0.6 is 0 Å². The number of halogens is 2. The van der Waals surface area contributed by atoms with E-state index in [9.17, 15) is 13.6 Å². The number of hydrogen-bond donors (Lipinski definition) is 0. The van der Waals surface area contributed by atoms with Crippen molar-refractivity contribution in [1.82, 2.24) is 19.9 Å². The molecule has 37 heavy (non-hydrogen) atoms. The molecule has 2 aliphatic rings. The van der Waals surface area contributed by atoms with Crippen LogP contribution in [0.4, 0.5) is 14.6 Å². The van der Waals surface area contributed by atoms with Gasteiger partial charge in [0.25, 0.3) is 5.92 Å². The van der Waals surface area contributed by atoms with Crippen molar-refractivity contribution in [3.63, 3.8) is 0 Å². The summed E-state index contributed by atoms with van der Waals surface area (Å²) in [5.41, 5.74) is 2.18. The predicted molar refractivity (Wildman–Crippen MR) is 135 cm³/mol. The number of ether oxygens (including phenoxy) is 2. The van der Waals surface area contributed by atoms with Gasteiger partial charge in [-0.2, -0.15) is 0 Å². The summed E-state index contributed by atoms with van der Waals surface area (Å²) in [5, 5.41) is 0.812. The van der Waals surface area contributed by atoms with Crippen LogP contribution in [0.1, 0.15) is 47.6 Å². The van der Waals surface area contributed by atoms with Crippen LogP contribution in [0.15, 0.2) is 42.7 Å². The second-order valence-electron chi connectivity index (χ2n) is 9.51. The van der Waals surface area contributed by atoms with E-state index in [0.29, 0.717) is 25.2 Å². The molecule has 0 radical (unpaired) electrons. The summed E-state index contributed by atoms with van der Waals surface area (Å²) in [5.74, 6) is -1.78. The molecule has 2 saturated heterocycles. The Morgan fingerprint density at radius 3 is 2.51 bits per heavy atom. The smallest absolute Gasteiger partial charge is 0.316 e. The van der Waals surface area contributed by atoms with Gasteiger partial charge in [0, 0.05) is 80.4 Å². The van der Waals surface area contributed by atoms with Gasteiger partial charge in [0.15, 0.2) is 5.78 Å². The van der Waals surface area contributed by atoms with E-state index in [1.54, 1.807) is 12.4 Å². The number of aromatic nitrogens is 3. The molecule has 2 fully saturated rings. The SMILES string of the molecule is COc1ncc(C(CCC(=O)c2cccc3nc(N4CCOCC4)ccc23)N2CCC(F)(F)CC2)cn1. The number of Topliss-reactive ketones (excluding diaryl/α,β-unsaturated/α-hetero) is 1. The molecule has 0 saturated carbocycles. The summed E-state index contributed by atoms with van der Waals surface area (Å²) in [6.45, 7) is 3.42. The molecule has 0 aliphatic carbocycles. The number of ketones is 1. The van der Waals surface area contributed by atoms with Crippen molar-refractivity contribution in [3.8, 4) is 6.01 Å². The summed E-state index contributed by atoms with van der Waals surface area (Å²) in [7, 11) is 1.49. The first-order valence-corrected chi connectivity index (χ1v) is 12.7. The Kier molecular flexibility index (Phi) is 7.57. The number of hydrogen-bond acceptors (Lipinski definition) is 8. The quantitative estimate of drug-likeness (QED) is 0.414. The third kappa shape index (κ3) is 5.86. The first-order valence-electron chi connectivity index (χ1n) is 12.7. The van der Waals surface area contributed by atoms with Crippen LogP contribution < -0.4 is 9.64 Å². The minimum absolute atomic E-state index is 0.00621. The standard InChI is InChI=1S/C27H31F2N5O3/c1-36-26-30-17-19(18-31-26)23(33-11-9-27(28,29)10-12-33)6-7-24(35)21-3-2-4-22-20(21)5-8-25(32-22)34-13-15-37-16-14-34/h2-5,8,17-18,23H,6-7,9-16H2,1H3. The minimum Gasteiger partial charge on any atom is -0.467 e. The maximum atomic E-state index is 13.8. The van der Waals surface area contributed by atoms with E-state index in [-0.39, 0.29) is 50.2 Å². The average Bonchev–Trinajstić information content (AvgIpc) is 2.94. The third-order valence-electron chi connectivity index (χ3n) is 7.18. The molecular formula is C27H31F2N5O3. The van der Waals surface area contributed by atoms with Crippen molar-refractivity contribution in [2.45, 2.75) is 37.6 Å². The fourth-order valence-corrected chi connectivity index (χ4v) is 5.08. The highest BCUT2D eigenvalue weighted by molar-refractivity contribution is 6.07. The van der Waals surface area contributed by atoms with Crippen LogP contribution in [0.25, 0.3) is 10.9 Å². The Morgan fingerprint density at radius 1 is 1.08 bits per heavy atom. The molecule has 0 amide bonds. The average molecular weight is 512 g/mol. The molecule has 0 spiro atoms. The Labute approximate surface area is 214 Å². The van der Waals surface area contributed by atoms with E-state index in [0.717, 1.165) is 35.4 Å². The molecule has 0 bridgehead atoms.